The summed E-state index contributed by atoms with van der Waals surface area (Å²) in [6.07, 6.45) is 1.43. The molecule has 0 aromatic heterocycles. The van der Waals surface area contributed by atoms with Crippen molar-refractivity contribution in [2.75, 3.05) is 5.88 Å². The third-order valence-corrected chi connectivity index (χ3v) is 3.90. The molecule has 1 aromatic rings. The third kappa shape index (κ3) is 3.95. The smallest absolute Gasteiger partial charge is 0.252 e. The summed E-state index contributed by atoms with van der Waals surface area (Å²) in [7, 11) is 0. The summed E-state index contributed by atoms with van der Waals surface area (Å²) in [4.78, 5) is 12.1. The van der Waals surface area contributed by atoms with Gasteiger partial charge in [0.05, 0.1) is 5.56 Å². The van der Waals surface area contributed by atoms with E-state index in [1.165, 1.54) is 18.2 Å². The van der Waals surface area contributed by atoms with Gasteiger partial charge in [-0.15, -0.1) is 11.6 Å². The number of halogens is 3. The molecule has 18 heavy (non-hydrogen) atoms. The first kappa shape index (κ1) is 15.4. The van der Waals surface area contributed by atoms with Crippen LogP contribution in [-0.2, 0) is 0 Å². The monoisotopic (exact) mass is 335 g/mol. The predicted octanol–water partition coefficient (Wildman–Crippen LogP) is 4.12. The Morgan fingerprint density at radius 2 is 2.22 bits per heavy atom. The Bertz CT molecular complexity index is 441. The second kappa shape index (κ2) is 6.53. The van der Waals surface area contributed by atoms with Crippen molar-refractivity contribution in [3.05, 3.63) is 34.1 Å². The number of hydrogen-bond donors (Lipinski definition) is 1. The summed E-state index contributed by atoms with van der Waals surface area (Å²) in [6.45, 7) is 3.91. The number of amides is 1. The molecule has 100 valence electrons. The van der Waals surface area contributed by atoms with Gasteiger partial charge in [-0.2, -0.15) is 0 Å². The van der Waals surface area contributed by atoms with Crippen LogP contribution < -0.4 is 5.32 Å². The third-order valence-electron chi connectivity index (χ3n) is 3.01. The van der Waals surface area contributed by atoms with Gasteiger partial charge < -0.3 is 5.32 Å². The van der Waals surface area contributed by atoms with Crippen LogP contribution in [0, 0.1) is 5.82 Å². The number of rotatable bonds is 5. The molecule has 1 atom stereocenters. The zero-order valence-corrected chi connectivity index (χ0v) is 12.7. The summed E-state index contributed by atoms with van der Waals surface area (Å²) < 4.78 is 13.7. The molecule has 2 nitrogen and oxygen atoms in total. The molecule has 0 aliphatic heterocycles. The molecule has 0 fully saturated rings. The highest BCUT2D eigenvalue weighted by Crippen LogP contribution is 2.21. The first-order chi connectivity index (χ1) is 8.41. The van der Waals surface area contributed by atoms with Crippen LogP contribution in [0.5, 0.6) is 0 Å². The molecule has 1 amide bonds. The van der Waals surface area contributed by atoms with E-state index in [4.69, 9.17) is 11.6 Å². The Morgan fingerprint density at radius 3 is 2.78 bits per heavy atom. The quantitative estimate of drug-likeness (QED) is 0.805. The van der Waals surface area contributed by atoms with Gasteiger partial charge in [-0.25, -0.2) is 4.39 Å². The largest absolute Gasteiger partial charge is 0.347 e. The molecule has 1 aromatic carbocycles. The Morgan fingerprint density at radius 1 is 1.56 bits per heavy atom. The van der Waals surface area contributed by atoms with E-state index >= 15 is 0 Å². The highest BCUT2D eigenvalue weighted by Gasteiger charge is 2.25. The maximum absolute atomic E-state index is 13.1. The van der Waals surface area contributed by atoms with Gasteiger partial charge in [0.2, 0.25) is 0 Å². The molecule has 0 aliphatic rings. The number of nitrogens with one attached hydrogen (secondary N) is 1. The molecule has 1 unspecified atom stereocenters. The van der Waals surface area contributed by atoms with Gasteiger partial charge in [0.25, 0.3) is 5.91 Å². The van der Waals surface area contributed by atoms with Crippen LogP contribution in [0.1, 0.15) is 37.0 Å². The van der Waals surface area contributed by atoms with Gasteiger partial charge in [-0.1, -0.05) is 6.92 Å². The van der Waals surface area contributed by atoms with Gasteiger partial charge in [0.1, 0.15) is 5.82 Å². The van der Waals surface area contributed by atoms with Crippen LogP contribution in [0.4, 0.5) is 4.39 Å². The highest BCUT2D eigenvalue weighted by molar-refractivity contribution is 9.10. The second-order valence-electron chi connectivity index (χ2n) is 4.43. The zero-order valence-electron chi connectivity index (χ0n) is 10.4. The van der Waals surface area contributed by atoms with Crippen LogP contribution in [0.3, 0.4) is 0 Å². The zero-order chi connectivity index (χ0) is 13.8. The van der Waals surface area contributed by atoms with E-state index in [1.54, 1.807) is 0 Å². The summed E-state index contributed by atoms with van der Waals surface area (Å²) in [6, 6.07) is 4.05. The molecule has 0 radical (unpaired) electrons. The number of hydrogen-bond acceptors (Lipinski definition) is 1. The fourth-order valence-corrected chi connectivity index (χ4v) is 2.39. The van der Waals surface area contributed by atoms with Crippen molar-refractivity contribution in [2.45, 2.75) is 32.2 Å². The first-order valence-electron chi connectivity index (χ1n) is 5.75. The van der Waals surface area contributed by atoms with Gasteiger partial charge >= 0.3 is 0 Å². The lowest BCUT2D eigenvalue weighted by Crippen LogP contribution is -2.46. The van der Waals surface area contributed by atoms with E-state index in [9.17, 15) is 9.18 Å². The average molecular weight is 337 g/mol. The summed E-state index contributed by atoms with van der Waals surface area (Å²) in [5, 5.41) is 2.91. The summed E-state index contributed by atoms with van der Waals surface area (Å²) in [5.74, 6) is -0.260. The SMILES string of the molecule is CCC(C)(CCCl)NC(=O)c1cc(F)ccc1Br. The molecule has 1 N–H and O–H groups in total. The van der Waals surface area contributed by atoms with Gasteiger partial charge in [0.15, 0.2) is 0 Å². The van der Waals surface area contributed by atoms with Crippen molar-refractivity contribution in [3.8, 4) is 0 Å². The van der Waals surface area contributed by atoms with E-state index in [1.807, 2.05) is 13.8 Å². The number of carbonyl (C=O) groups is 1. The van der Waals surface area contributed by atoms with E-state index < -0.39 is 5.82 Å². The molecule has 1 rings (SSSR count). The normalized spacial score (nSPS) is 14.1. The minimum absolute atomic E-state index is 0.296. The van der Waals surface area contributed by atoms with Crippen molar-refractivity contribution in [3.63, 3.8) is 0 Å². The van der Waals surface area contributed by atoms with Crippen LogP contribution in [0.25, 0.3) is 0 Å². The maximum atomic E-state index is 13.1. The van der Waals surface area contributed by atoms with Crippen LogP contribution in [-0.4, -0.2) is 17.3 Å². The fraction of sp³-hybridized carbons (Fsp3) is 0.462. The predicted molar refractivity (Wildman–Crippen MR) is 75.6 cm³/mol. The first-order valence-corrected chi connectivity index (χ1v) is 7.08. The maximum Gasteiger partial charge on any atom is 0.252 e. The molecule has 5 heteroatoms. The van der Waals surface area contributed by atoms with E-state index in [0.29, 0.717) is 22.3 Å². The highest BCUT2D eigenvalue weighted by atomic mass is 79.9. The summed E-state index contributed by atoms with van der Waals surface area (Å²) in [5.41, 5.74) is -0.0748. The lowest BCUT2D eigenvalue weighted by atomic mass is 9.95. The van der Waals surface area contributed by atoms with Gasteiger partial charge in [0, 0.05) is 15.9 Å². The van der Waals surface area contributed by atoms with Crippen LogP contribution >= 0.6 is 27.5 Å². The van der Waals surface area contributed by atoms with Crippen LogP contribution in [0.2, 0.25) is 0 Å². The lowest BCUT2D eigenvalue weighted by molar-refractivity contribution is 0.0900. The molecule has 0 spiro atoms. The lowest BCUT2D eigenvalue weighted by Gasteiger charge is -2.29. The number of carbonyl (C=O) groups excluding carboxylic acids is 1. The Kier molecular flexibility index (Phi) is 5.60. The molecule has 0 bridgehead atoms. The Balaban J connectivity index is 2.90. The van der Waals surface area contributed by atoms with E-state index in [2.05, 4.69) is 21.2 Å². The van der Waals surface area contributed by atoms with Crippen molar-refractivity contribution in [2.24, 2.45) is 0 Å². The Hall–Kier alpha value is -0.610. The van der Waals surface area contributed by atoms with Gasteiger partial charge in [-0.3, -0.25) is 4.79 Å². The Labute approximate surface area is 120 Å². The minimum atomic E-state index is -0.432. The molecule has 0 saturated heterocycles. The van der Waals surface area contributed by atoms with E-state index in [0.717, 1.165) is 6.42 Å². The summed E-state index contributed by atoms with van der Waals surface area (Å²) >= 11 is 8.98. The standard InChI is InChI=1S/C13H16BrClFNO/c1-3-13(2,6-7-15)17-12(18)10-8-9(16)4-5-11(10)14/h4-5,8H,3,6-7H2,1-2H3,(H,17,18). The molecular weight excluding hydrogens is 321 g/mol. The van der Waals surface area contributed by atoms with Crippen molar-refractivity contribution < 1.29 is 9.18 Å². The van der Waals surface area contributed by atoms with Crippen molar-refractivity contribution in [1.29, 1.82) is 0 Å². The fourth-order valence-electron chi connectivity index (χ4n) is 1.55. The average Bonchev–Trinajstić information content (AvgIpc) is 2.32. The number of alkyl halides is 1. The number of benzene rings is 1. The second-order valence-corrected chi connectivity index (χ2v) is 5.66. The topological polar surface area (TPSA) is 29.1 Å². The molecule has 0 heterocycles. The molecular formula is C13H16BrClFNO. The van der Waals surface area contributed by atoms with E-state index in [-0.39, 0.29) is 11.4 Å². The van der Waals surface area contributed by atoms with Crippen LogP contribution in [0.15, 0.2) is 22.7 Å². The van der Waals surface area contributed by atoms with Gasteiger partial charge in [-0.05, 0) is 53.9 Å². The minimum Gasteiger partial charge on any atom is -0.347 e. The van der Waals surface area contributed by atoms with Crippen molar-refractivity contribution in [1.82, 2.24) is 5.32 Å². The van der Waals surface area contributed by atoms with Crippen molar-refractivity contribution >= 4 is 33.4 Å². The molecule has 0 saturated carbocycles. The molecule has 0 aliphatic carbocycles.